The lowest BCUT2D eigenvalue weighted by Crippen LogP contribution is -2.49. The minimum atomic E-state index is 0.418. The molecule has 2 N–H and O–H groups in total. The number of ether oxygens (including phenoxy) is 1. The van der Waals surface area contributed by atoms with E-state index in [4.69, 9.17) is 10.5 Å². The second kappa shape index (κ2) is 7.81. The first-order valence-electron chi connectivity index (χ1n) is 8.36. The SMILES string of the molecule is CCCOc1ccc(C(C)N2CCCC(C)C2CN)cc1. The lowest BCUT2D eigenvalue weighted by molar-refractivity contribution is 0.0689. The summed E-state index contributed by atoms with van der Waals surface area (Å²) in [4.78, 5) is 2.58. The summed E-state index contributed by atoms with van der Waals surface area (Å²) in [5, 5.41) is 0. The van der Waals surface area contributed by atoms with Gasteiger partial charge in [0.05, 0.1) is 6.61 Å². The molecule has 1 aliphatic rings. The lowest BCUT2D eigenvalue weighted by Gasteiger charge is -2.43. The molecule has 1 saturated heterocycles. The highest BCUT2D eigenvalue weighted by Crippen LogP contribution is 2.31. The summed E-state index contributed by atoms with van der Waals surface area (Å²) in [6, 6.07) is 9.50. The van der Waals surface area contributed by atoms with Gasteiger partial charge in [0, 0.05) is 18.6 Å². The van der Waals surface area contributed by atoms with Gasteiger partial charge in [-0.2, -0.15) is 0 Å². The van der Waals surface area contributed by atoms with E-state index in [2.05, 4.69) is 49.9 Å². The van der Waals surface area contributed by atoms with Crippen LogP contribution in [-0.2, 0) is 0 Å². The Morgan fingerprint density at radius 3 is 2.67 bits per heavy atom. The molecule has 0 aliphatic carbocycles. The molecule has 21 heavy (non-hydrogen) atoms. The van der Waals surface area contributed by atoms with Crippen molar-refractivity contribution in [2.75, 3.05) is 19.7 Å². The van der Waals surface area contributed by atoms with Gasteiger partial charge in [0.25, 0.3) is 0 Å². The van der Waals surface area contributed by atoms with Crippen LogP contribution in [0.4, 0.5) is 0 Å². The van der Waals surface area contributed by atoms with E-state index in [-0.39, 0.29) is 0 Å². The van der Waals surface area contributed by atoms with E-state index in [9.17, 15) is 0 Å². The molecule has 1 aromatic rings. The van der Waals surface area contributed by atoms with Crippen LogP contribution in [0.25, 0.3) is 0 Å². The van der Waals surface area contributed by atoms with Crippen LogP contribution in [0.15, 0.2) is 24.3 Å². The van der Waals surface area contributed by atoms with Crippen molar-refractivity contribution in [2.45, 2.75) is 52.1 Å². The first kappa shape index (κ1) is 16.3. The van der Waals surface area contributed by atoms with E-state index in [0.717, 1.165) is 31.9 Å². The largest absolute Gasteiger partial charge is 0.494 e. The fourth-order valence-electron chi connectivity index (χ4n) is 3.38. The Balaban J connectivity index is 2.05. The minimum Gasteiger partial charge on any atom is -0.494 e. The molecule has 0 spiro atoms. The first-order valence-corrected chi connectivity index (χ1v) is 8.36. The zero-order chi connectivity index (χ0) is 15.2. The molecular formula is C18H30N2O. The van der Waals surface area contributed by atoms with Crippen molar-refractivity contribution in [1.82, 2.24) is 4.90 Å². The summed E-state index contributed by atoms with van der Waals surface area (Å²) < 4.78 is 5.66. The molecule has 2 rings (SSSR count). The number of piperidine rings is 1. The van der Waals surface area contributed by atoms with Gasteiger partial charge in [0.15, 0.2) is 0 Å². The standard InChI is InChI=1S/C18H30N2O/c1-4-12-21-17-9-7-16(8-10-17)15(3)20-11-5-6-14(2)18(20)13-19/h7-10,14-15,18H,4-6,11-13,19H2,1-3H3. The Morgan fingerprint density at radius 1 is 1.33 bits per heavy atom. The number of rotatable bonds is 6. The maximum atomic E-state index is 6.02. The van der Waals surface area contributed by atoms with Crippen LogP contribution in [0.3, 0.4) is 0 Å². The molecule has 0 saturated carbocycles. The summed E-state index contributed by atoms with van der Waals surface area (Å²) in [5.74, 6) is 1.66. The molecule has 3 unspecified atom stereocenters. The monoisotopic (exact) mass is 290 g/mol. The predicted molar refractivity (Wildman–Crippen MR) is 88.6 cm³/mol. The number of hydrogen-bond acceptors (Lipinski definition) is 3. The molecule has 0 aromatic heterocycles. The number of nitrogens with zero attached hydrogens (tertiary/aromatic N) is 1. The Kier molecular flexibility index (Phi) is 6.07. The fourth-order valence-corrected chi connectivity index (χ4v) is 3.38. The molecule has 3 heteroatoms. The smallest absolute Gasteiger partial charge is 0.119 e. The second-order valence-electron chi connectivity index (χ2n) is 6.25. The normalized spacial score (nSPS) is 24.8. The van der Waals surface area contributed by atoms with E-state index >= 15 is 0 Å². The lowest BCUT2D eigenvalue weighted by atomic mass is 9.88. The van der Waals surface area contributed by atoms with Gasteiger partial charge >= 0.3 is 0 Å². The van der Waals surface area contributed by atoms with Crippen molar-refractivity contribution in [2.24, 2.45) is 11.7 Å². The molecule has 3 atom stereocenters. The molecule has 0 amide bonds. The highest BCUT2D eigenvalue weighted by molar-refractivity contribution is 5.29. The van der Waals surface area contributed by atoms with Crippen LogP contribution in [0.5, 0.6) is 5.75 Å². The topological polar surface area (TPSA) is 38.5 Å². The number of hydrogen-bond donors (Lipinski definition) is 1. The maximum Gasteiger partial charge on any atom is 0.119 e. The highest BCUT2D eigenvalue weighted by atomic mass is 16.5. The quantitative estimate of drug-likeness (QED) is 0.870. The zero-order valence-electron chi connectivity index (χ0n) is 13.7. The van der Waals surface area contributed by atoms with Crippen LogP contribution in [0.1, 0.15) is 51.6 Å². The Labute approximate surface area is 129 Å². The average Bonchev–Trinajstić information content (AvgIpc) is 2.52. The molecule has 3 nitrogen and oxygen atoms in total. The molecular weight excluding hydrogens is 260 g/mol. The van der Waals surface area contributed by atoms with Crippen molar-refractivity contribution < 1.29 is 4.74 Å². The van der Waals surface area contributed by atoms with Crippen molar-refractivity contribution in [1.29, 1.82) is 0 Å². The number of likely N-dealkylation sites (tertiary alicyclic amines) is 1. The molecule has 1 aliphatic heterocycles. The summed E-state index contributed by atoms with van der Waals surface area (Å²) in [6.07, 6.45) is 3.62. The van der Waals surface area contributed by atoms with Crippen LogP contribution < -0.4 is 10.5 Å². The van der Waals surface area contributed by atoms with Gasteiger partial charge in [-0.3, -0.25) is 4.90 Å². The third-order valence-electron chi connectivity index (χ3n) is 4.73. The van der Waals surface area contributed by atoms with Gasteiger partial charge in [0.2, 0.25) is 0 Å². The number of nitrogens with two attached hydrogens (primary N) is 1. The average molecular weight is 290 g/mol. The third-order valence-corrected chi connectivity index (χ3v) is 4.73. The zero-order valence-corrected chi connectivity index (χ0v) is 13.7. The number of benzene rings is 1. The van der Waals surface area contributed by atoms with Crippen molar-refractivity contribution in [3.63, 3.8) is 0 Å². The van der Waals surface area contributed by atoms with Gasteiger partial charge < -0.3 is 10.5 Å². The molecule has 118 valence electrons. The summed E-state index contributed by atoms with van der Waals surface area (Å²) in [6.45, 7) is 9.44. The minimum absolute atomic E-state index is 0.418. The highest BCUT2D eigenvalue weighted by Gasteiger charge is 2.30. The third kappa shape index (κ3) is 3.98. The Bertz CT molecular complexity index is 418. The fraction of sp³-hybridized carbons (Fsp3) is 0.667. The predicted octanol–water partition coefficient (Wildman–Crippen LogP) is 3.60. The van der Waals surface area contributed by atoms with Crippen LogP contribution in [0.2, 0.25) is 0 Å². The summed E-state index contributed by atoms with van der Waals surface area (Å²) >= 11 is 0. The van der Waals surface area contributed by atoms with Gasteiger partial charge in [-0.05, 0) is 56.3 Å². The molecule has 0 bridgehead atoms. The van der Waals surface area contributed by atoms with E-state index < -0.39 is 0 Å². The first-order chi connectivity index (χ1) is 10.2. The van der Waals surface area contributed by atoms with Gasteiger partial charge in [0.1, 0.15) is 5.75 Å². The van der Waals surface area contributed by atoms with Crippen molar-refractivity contribution in [3.05, 3.63) is 29.8 Å². The molecule has 0 radical (unpaired) electrons. The molecule has 1 fully saturated rings. The van der Waals surface area contributed by atoms with Gasteiger partial charge in [-0.15, -0.1) is 0 Å². The van der Waals surface area contributed by atoms with Crippen LogP contribution >= 0.6 is 0 Å². The second-order valence-corrected chi connectivity index (χ2v) is 6.25. The Hall–Kier alpha value is -1.06. The van der Waals surface area contributed by atoms with Gasteiger partial charge in [-0.25, -0.2) is 0 Å². The molecule has 1 aromatic carbocycles. The van der Waals surface area contributed by atoms with Gasteiger partial charge in [-0.1, -0.05) is 26.0 Å². The van der Waals surface area contributed by atoms with E-state index in [1.165, 1.54) is 18.4 Å². The van der Waals surface area contributed by atoms with E-state index in [0.29, 0.717) is 18.0 Å². The van der Waals surface area contributed by atoms with E-state index in [1.807, 2.05) is 0 Å². The maximum absolute atomic E-state index is 6.02. The van der Waals surface area contributed by atoms with Crippen molar-refractivity contribution >= 4 is 0 Å². The Morgan fingerprint density at radius 2 is 2.05 bits per heavy atom. The molecule has 1 heterocycles. The van der Waals surface area contributed by atoms with Crippen molar-refractivity contribution in [3.8, 4) is 5.75 Å². The van der Waals surface area contributed by atoms with Crippen LogP contribution in [-0.4, -0.2) is 30.6 Å². The van der Waals surface area contributed by atoms with Crippen LogP contribution in [0, 0.1) is 5.92 Å². The van der Waals surface area contributed by atoms with E-state index in [1.54, 1.807) is 0 Å². The summed E-state index contributed by atoms with van der Waals surface area (Å²) in [7, 11) is 0. The summed E-state index contributed by atoms with van der Waals surface area (Å²) in [5.41, 5.74) is 7.37.